The maximum Gasteiger partial charge on any atom is 0.250 e. The number of hydrogen-bond acceptors (Lipinski definition) is 5. The summed E-state index contributed by atoms with van der Waals surface area (Å²) in [6, 6.07) is 18.2. The number of para-hydroxylation sites is 1. The van der Waals surface area contributed by atoms with Crippen molar-refractivity contribution in [3.63, 3.8) is 0 Å². The molecule has 0 spiro atoms. The van der Waals surface area contributed by atoms with Crippen LogP contribution >= 0.6 is 0 Å². The molecule has 0 aliphatic carbocycles. The first-order chi connectivity index (χ1) is 13.7. The van der Waals surface area contributed by atoms with Crippen LogP contribution in [0.15, 0.2) is 72.9 Å². The Labute approximate surface area is 161 Å². The number of benzene rings is 2. The largest absolute Gasteiger partial charge is 0.491 e. The summed E-state index contributed by atoms with van der Waals surface area (Å²) in [6.45, 7) is 0.561. The van der Waals surface area contributed by atoms with Crippen molar-refractivity contribution in [2.24, 2.45) is 0 Å². The minimum atomic E-state index is -0.341. The van der Waals surface area contributed by atoms with Gasteiger partial charge in [0.05, 0.1) is 18.5 Å². The van der Waals surface area contributed by atoms with E-state index in [1.54, 1.807) is 12.1 Å². The highest BCUT2D eigenvalue weighted by molar-refractivity contribution is 5.91. The maximum atomic E-state index is 12.9. The number of nitrogens with zero attached hydrogens (tertiary/aromatic N) is 1. The highest BCUT2D eigenvalue weighted by atomic mass is 19.1. The summed E-state index contributed by atoms with van der Waals surface area (Å²) in [6.07, 6.45) is 1.47. The first-order valence-corrected chi connectivity index (χ1v) is 8.64. The molecule has 0 unspecified atom stereocenters. The van der Waals surface area contributed by atoms with E-state index in [-0.39, 0.29) is 18.3 Å². The van der Waals surface area contributed by atoms with E-state index >= 15 is 0 Å². The van der Waals surface area contributed by atoms with Crippen molar-refractivity contribution in [3.05, 3.63) is 78.7 Å². The number of carbonyl (C=O) groups is 1. The van der Waals surface area contributed by atoms with Gasteiger partial charge in [-0.2, -0.15) is 0 Å². The Morgan fingerprint density at radius 3 is 2.43 bits per heavy atom. The topological polar surface area (TPSA) is 69.7 Å². The molecule has 2 aromatic carbocycles. The number of rotatable bonds is 9. The van der Waals surface area contributed by atoms with Crippen molar-refractivity contribution >= 4 is 11.6 Å². The monoisotopic (exact) mass is 382 g/mol. The molecule has 0 saturated carbocycles. The molecule has 0 radical (unpaired) electrons. The Morgan fingerprint density at radius 1 is 0.929 bits per heavy atom. The molecule has 6 nitrogen and oxygen atoms in total. The van der Waals surface area contributed by atoms with Gasteiger partial charge in [0, 0.05) is 6.07 Å². The van der Waals surface area contributed by atoms with Gasteiger partial charge in [0.2, 0.25) is 11.8 Å². The maximum absolute atomic E-state index is 12.9. The van der Waals surface area contributed by atoms with E-state index in [0.717, 1.165) is 5.75 Å². The van der Waals surface area contributed by atoms with Gasteiger partial charge in [0.15, 0.2) is 0 Å². The quantitative estimate of drug-likeness (QED) is 0.566. The minimum Gasteiger partial charge on any atom is -0.491 e. The van der Waals surface area contributed by atoms with Gasteiger partial charge in [-0.05, 0) is 42.5 Å². The summed E-state index contributed by atoms with van der Waals surface area (Å²) >= 11 is 0. The third-order valence-electron chi connectivity index (χ3n) is 3.53. The molecule has 7 heteroatoms. The second-order valence-electron chi connectivity index (χ2n) is 5.70. The summed E-state index contributed by atoms with van der Waals surface area (Å²) in [4.78, 5) is 16.0. The lowest BCUT2D eigenvalue weighted by Gasteiger charge is -2.08. The van der Waals surface area contributed by atoms with Crippen molar-refractivity contribution in [1.29, 1.82) is 0 Å². The Hall–Kier alpha value is -3.45. The summed E-state index contributed by atoms with van der Waals surface area (Å²) in [5.74, 6) is 0.918. The van der Waals surface area contributed by atoms with E-state index in [1.165, 1.54) is 30.5 Å². The van der Waals surface area contributed by atoms with E-state index in [1.807, 2.05) is 30.3 Å². The molecule has 0 atom stereocenters. The standard InChI is InChI=1S/C21H19FN2O4/c22-16-6-9-19(10-7-16)28-21-11-8-17(14-23-21)24-20(25)15-26-12-13-27-18-4-2-1-3-5-18/h1-11,14H,12-13,15H2,(H,24,25). The summed E-state index contributed by atoms with van der Waals surface area (Å²) < 4.78 is 29.1. The van der Waals surface area contributed by atoms with E-state index in [2.05, 4.69) is 10.3 Å². The second kappa shape index (κ2) is 10.0. The molecule has 144 valence electrons. The SMILES string of the molecule is O=C(COCCOc1ccccc1)Nc1ccc(Oc2ccc(F)cc2)nc1. The predicted molar refractivity (Wildman–Crippen MR) is 102 cm³/mol. The first kappa shape index (κ1) is 19.3. The van der Waals surface area contributed by atoms with Gasteiger partial charge in [0.25, 0.3) is 0 Å². The first-order valence-electron chi connectivity index (χ1n) is 8.64. The molecule has 0 fully saturated rings. The highest BCUT2D eigenvalue weighted by Gasteiger charge is 2.05. The van der Waals surface area contributed by atoms with Crippen LogP contribution in [0.2, 0.25) is 0 Å². The Morgan fingerprint density at radius 2 is 1.71 bits per heavy atom. The predicted octanol–water partition coefficient (Wildman–Crippen LogP) is 4.05. The zero-order valence-electron chi connectivity index (χ0n) is 15.0. The summed E-state index contributed by atoms with van der Waals surface area (Å²) in [5, 5.41) is 2.68. The number of ether oxygens (including phenoxy) is 3. The molecule has 28 heavy (non-hydrogen) atoms. The zero-order valence-corrected chi connectivity index (χ0v) is 15.0. The van der Waals surface area contributed by atoms with Crippen LogP contribution in [-0.4, -0.2) is 30.7 Å². The number of anilines is 1. The van der Waals surface area contributed by atoms with Crippen LogP contribution in [0.4, 0.5) is 10.1 Å². The van der Waals surface area contributed by atoms with Crippen LogP contribution in [0.3, 0.4) is 0 Å². The third-order valence-corrected chi connectivity index (χ3v) is 3.53. The molecule has 0 saturated heterocycles. The Balaban J connectivity index is 1.36. The number of nitrogens with one attached hydrogen (secondary N) is 1. The van der Waals surface area contributed by atoms with E-state index in [4.69, 9.17) is 14.2 Å². The molecule has 3 aromatic rings. The average Bonchev–Trinajstić information content (AvgIpc) is 2.72. The van der Waals surface area contributed by atoms with E-state index in [0.29, 0.717) is 30.5 Å². The number of hydrogen-bond donors (Lipinski definition) is 1. The van der Waals surface area contributed by atoms with Gasteiger partial charge in [-0.3, -0.25) is 4.79 Å². The fraction of sp³-hybridized carbons (Fsp3) is 0.143. The lowest BCUT2D eigenvalue weighted by molar-refractivity contribution is -0.120. The minimum absolute atomic E-state index is 0.0913. The van der Waals surface area contributed by atoms with Crippen LogP contribution in [0.1, 0.15) is 0 Å². The lowest BCUT2D eigenvalue weighted by Crippen LogP contribution is -2.20. The zero-order chi connectivity index (χ0) is 19.6. The van der Waals surface area contributed by atoms with Crippen molar-refractivity contribution in [2.75, 3.05) is 25.1 Å². The molecule has 1 amide bonds. The van der Waals surface area contributed by atoms with Crippen LogP contribution in [0.5, 0.6) is 17.4 Å². The van der Waals surface area contributed by atoms with Crippen molar-refractivity contribution < 1.29 is 23.4 Å². The fourth-order valence-electron chi connectivity index (χ4n) is 2.24. The smallest absolute Gasteiger partial charge is 0.250 e. The summed E-state index contributed by atoms with van der Waals surface area (Å²) in [7, 11) is 0. The number of halogens is 1. The van der Waals surface area contributed by atoms with Crippen LogP contribution in [-0.2, 0) is 9.53 Å². The normalized spacial score (nSPS) is 10.3. The molecular weight excluding hydrogens is 363 g/mol. The van der Waals surface area contributed by atoms with Gasteiger partial charge in [-0.15, -0.1) is 0 Å². The van der Waals surface area contributed by atoms with Crippen LogP contribution < -0.4 is 14.8 Å². The highest BCUT2D eigenvalue weighted by Crippen LogP contribution is 2.20. The number of pyridine rings is 1. The molecule has 1 heterocycles. The number of amides is 1. The van der Waals surface area contributed by atoms with Gasteiger partial charge in [0.1, 0.15) is 30.5 Å². The molecular formula is C21H19FN2O4. The van der Waals surface area contributed by atoms with Crippen molar-refractivity contribution in [1.82, 2.24) is 4.98 Å². The molecule has 1 N–H and O–H groups in total. The molecule has 0 bridgehead atoms. The average molecular weight is 382 g/mol. The van der Waals surface area contributed by atoms with Crippen molar-refractivity contribution in [3.8, 4) is 17.4 Å². The Bertz CT molecular complexity index is 871. The second-order valence-corrected chi connectivity index (χ2v) is 5.70. The molecule has 0 aliphatic rings. The number of carbonyl (C=O) groups excluding carboxylic acids is 1. The van der Waals surface area contributed by atoms with Gasteiger partial charge in [-0.1, -0.05) is 18.2 Å². The van der Waals surface area contributed by atoms with Crippen LogP contribution in [0, 0.1) is 5.82 Å². The van der Waals surface area contributed by atoms with Crippen LogP contribution in [0.25, 0.3) is 0 Å². The molecule has 1 aromatic heterocycles. The van der Waals surface area contributed by atoms with Gasteiger partial charge >= 0.3 is 0 Å². The summed E-state index contributed by atoms with van der Waals surface area (Å²) in [5.41, 5.74) is 0.514. The fourth-order valence-corrected chi connectivity index (χ4v) is 2.24. The third kappa shape index (κ3) is 6.37. The van der Waals surface area contributed by atoms with Gasteiger partial charge < -0.3 is 19.5 Å². The molecule has 3 rings (SSSR count). The molecule has 0 aliphatic heterocycles. The number of aromatic nitrogens is 1. The lowest BCUT2D eigenvalue weighted by atomic mass is 10.3. The van der Waals surface area contributed by atoms with Gasteiger partial charge in [-0.25, -0.2) is 9.37 Å². The van der Waals surface area contributed by atoms with Crippen molar-refractivity contribution in [2.45, 2.75) is 0 Å². The van der Waals surface area contributed by atoms with E-state index in [9.17, 15) is 9.18 Å². The Kier molecular flexibility index (Phi) is 6.92. The van der Waals surface area contributed by atoms with E-state index < -0.39 is 0 Å².